The van der Waals surface area contributed by atoms with Crippen LogP contribution in [0.15, 0.2) is 18.2 Å². The third-order valence-electron chi connectivity index (χ3n) is 4.69. The number of hydrogen-bond donors (Lipinski definition) is 1. The zero-order valence-corrected chi connectivity index (χ0v) is 13.2. The normalized spacial score (nSPS) is 21.5. The highest BCUT2D eigenvalue weighted by molar-refractivity contribution is 5.95. The van der Waals surface area contributed by atoms with Gasteiger partial charge in [-0.25, -0.2) is 0 Å². The number of amides is 1. The molecule has 1 saturated carbocycles. The number of carbonyl (C=O) groups excluding carboxylic acids is 1. The minimum absolute atomic E-state index is 0.219. The van der Waals surface area contributed by atoms with Crippen molar-refractivity contribution in [1.82, 2.24) is 10.2 Å². The van der Waals surface area contributed by atoms with Crippen molar-refractivity contribution < 1.29 is 4.79 Å². The van der Waals surface area contributed by atoms with Crippen LogP contribution in [0.3, 0.4) is 0 Å². The maximum absolute atomic E-state index is 13.0. The van der Waals surface area contributed by atoms with Crippen molar-refractivity contribution in [2.24, 2.45) is 5.92 Å². The van der Waals surface area contributed by atoms with E-state index < -0.39 is 0 Å². The smallest absolute Gasteiger partial charge is 0.254 e. The van der Waals surface area contributed by atoms with Gasteiger partial charge >= 0.3 is 0 Å². The van der Waals surface area contributed by atoms with Crippen LogP contribution in [0, 0.1) is 19.8 Å². The Morgan fingerprint density at radius 2 is 2.05 bits per heavy atom. The van der Waals surface area contributed by atoms with E-state index in [-0.39, 0.29) is 5.91 Å². The molecule has 1 N–H and O–H groups in total. The van der Waals surface area contributed by atoms with Gasteiger partial charge in [-0.2, -0.15) is 0 Å². The highest BCUT2D eigenvalue weighted by Crippen LogP contribution is 2.30. The lowest BCUT2D eigenvalue weighted by Gasteiger charge is -2.27. The maximum Gasteiger partial charge on any atom is 0.254 e. The molecule has 3 nitrogen and oxygen atoms in total. The van der Waals surface area contributed by atoms with Gasteiger partial charge in [0.05, 0.1) is 0 Å². The number of nitrogens with one attached hydrogen (secondary N) is 1. The topological polar surface area (TPSA) is 32.3 Å². The van der Waals surface area contributed by atoms with E-state index in [0.29, 0.717) is 6.04 Å². The molecule has 1 aromatic carbocycles. The molecule has 21 heavy (non-hydrogen) atoms. The van der Waals surface area contributed by atoms with Gasteiger partial charge in [-0.1, -0.05) is 17.7 Å². The van der Waals surface area contributed by atoms with Crippen LogP contribution < -0.4 is 5.32 Å². The summed E-state index contributed by atoms with van der Waals surface area (Å²) in [6.07, 6.45) is 5.00. The SMILES string of the molecule is Cc1ccc(C)c(C(=O)N(CC2CC2)CC2CCCN2)c1. The Morgan fingerprint density at radius 1 is 1.24 bits per heavy atom. The first-order chi connectivity index (χ1) is 10.1. The van der Waals surface area contributed by atoms with Crippen LogP contribution in [-0.2, 0) is 0 Å². The molecule has 114 valence electrons. The molecule has 3 rings (SSSR count). The maximum atomic E-state index is 13.0. The third kappa shape index (κ3) is 3.65. The van der Waals surface area contributed by atoms with Crippen molar-refractivity contribution >= 4 is 5.91 Å². The fourth-order valence-corrected chi connectivity index (χ4v) is 3.17. The minimum Gasteiger partial charge on any atom is -0.337 e. The summed E-state index contributed by atoms with van der Waals surface area (Å²) in [4.78, 5) is 15.1. The van der Waals surface area contributed by atoms with Crippen molar-refractivity contribution in [3.05, 3.63) is 34.9 Å². The van der Waals surface area contributed by atoms with Crippen molar-refractivity contribution in [1.29, 1.82) is 0 Å². The van der Waals surface area contributed by atoms with Crippen LogP contribution in [0.5, 0.6) is 0 Å². The largest absolute Gasteiger partial charge is 0.337 e. The van der Waals surface area contributed by atoms with E-state index in [9.17, 15) is 4.79 Å². The van der Waals surface area contributed by atoms with Gasteiger partial charge in [-0.3, -0.25) is 4.79 Å². The molecule has 1 heterocycles. The summed E-state index contributed by atoms with van der Waals surface area (Å²) >= 11 is 0. The molecule has 1 saturated heterocycles. The second-order valence-electron chi connectivity index (χ2n) is 6.77. The second kappa shape index (κ2) is 6.18. The van der Waals surface area contributed by atoms with Gasteiger partial charge in [0.1, 0.15) is 0 Å². The summed E-state index contributed by atoms with van der Waals surface area (Å²) in [7, 11) is 0. The zero-order valence-electron chi connectivity index (χ0n) is 13.2. The zero-order chi connectivity index (χ0) is 14.8. The van der Waals surface area contributed by atoms with Gasteiger partial charge in [-0.15, -0.1) is 0 Å². The summed E-state index contributed by atoms with van der Waals surface area (Å²) < 4.78 is 0. The summed E-state index contributed by atoms with van der Waals surface area (Å²) in [5.41, 5.74) is 3.13. The molecule has 3 heteroatoms. The van der Waals surface area contributed by atoms with Crippen LogP contribution in [0.25, 0.3) is 0 Å². The molecule has 1 aromatic rings. The van der Waals surface area contributed by atoms with Crippen LogP contribution in [0.4, 0.5) is 0 Å². The Bertz CT molecular complexity index is 516. The minimum atomic E-state index is 0.219. The summed E-state index contributed by atoms with van der Waals surface area (Å²) in [5.74, 6) is 0.956. The first-order valence-corrected chi connectivity index (χ1v) is 8.23. The monoisotopic (exact) mass is 286 g/mol. The molecule has 1 unspecified atom stereocenters. The van der Waals surface area contributed by atoms with Gasteiger partial charge in [0.15, 0.2) is 0 Å². The number of carbonyl (C=O) groups is 1. The lowest BCUT2D eigenvalue weighted by molar-refractivity contribution is 0.0732. The van der Waals surface area contributed by atoms with E-state index in [0.717, 1.165) is 42.2 Å². The Balaban J connectivity index is 1.76. The van der Waals surface area contributed by atoms with Crippen LogP contribution in [-0.4, -0.2) is 36.5 Å². The van der Waals surface area contributed by atoms with Crippen molar-refractivity contribution in [2.45, 2.75) is 45.6 Å². The van der Waals surface area contributed by atoms with Crippen molar-refractivity contribution in [3.8, 4) is 0 Å². The van der Waals surface area contributed by atoms with Gasteiger partial charge in [0, 0.05) is 24.7 Å². The number of benzene rings is 1. The van der Waals surface area contributed by atoms with E-state index in [4.69, 9.17) is 0 Å². The van der Waals surface area contributed by atoms with E-state index in [2.05, 4.69) is 29.3 Å². The summed E-state index contributed by atoms with van der Waals surface area (Å²) in [6, 6.07) is 6.67. The summed E-state index contributed by atoms with van der Waals surface area (Å²) in [5, 5.41) is 3.52. The van der Waals surface area contributed by atoms with E-state index in [1.807, 2.05) is 13.0 Å². The van der Waals surface area contributed by atoms with Crippen molar-refractivity contribution in [2.75, 3.05) is 19.6 Å². The molecule has 0 spiro atoms. The Morgan fingerprint density at radius 3 is 2.71 bits per heavy atom. The summed E-state index contributed by atoms with van der Waals surface area (Å²) in [6.45, 7) is 6.99. The highest BCUT2D eigenvalue weighted by atomic mass is 16.2. The molecule has 1 aliphatic heterocycles. The third-order valence-corrected chi connectivity index (χ3v) is 4.69. The van der Waals surface area contributed by atoms with Gasteiger partial charge < -0.3 is 10.2 Å². The average Bonchev–Trinajstić information content (AvgIpc) is 3.13. The molecule has 0 bridgehead atoms. The fourth-order valence-electron chi connectivity index (χ4n) is 3.17. The molecule has 2 aliphatic rings. The first kappa shape index (κ1) is 14.6. The lowest BCUT2D eigenvalue weighted by Crippen LogP contribution is -2.42. The van der Waals surface area contributed by atoms with E-state index in [1.165, 1.54) is 25.7 Å². The first-order valence-electron chi connectivity index (χ1n) is 8.23. The average molecular weight is 286 g/mol. The molecular formula is C18H26N2O. The van der Waals surface area contributed by atoms with Gasteiger partial charge in [-0.05, 0) is 63.6 Å². The van der Waals surface area contributed by atoms with Crippen LogP contribution in [0.1, 0.15) is 47.2 Å². The van der Waals surface area contributed by atoms with Gasteiger partial charge in [0.25, 0.3) is 5.91 Å². The quantitative estimate of drug-likeness (QED) is 0.902. The standard InChI is InChI=1S/C18H26N2O/c1-13-5-6-14(2)17(10-13)18(21)20(11-15-7-8-15)12-16-4-3-9-19-16/h5-6,10,15-16,19H,3-4,7-9,11-12H2,1-2H3. The molecular weight excluding hydrogens is 260 g/mol. The van der Waals surface area contributed by atoms with Crippen LogP contribution in [0.2, 0.25) is 0 Å². The predicted molar refractivity (Wildman–Crippen MR) is 85.6 cm³/mol. The Kier molecular flexibility index (Phi) is 4.29. The molecule has 0 radical (unpaired) electrons. The van der Waals surface area contributed by atoms with Gasteiger partial charge in [0.2, 0.25) is 0 Å². The lowest BCUT2D eigenvalue weighted by atomic mass is 10.0. The predicted octanol–water partition coefficient (Wildman–Crippen LogP) is 2.91. The number of aryl methyl sites for hydroxylation is 2. The second-order valence-corrected chi connectivity index (χ2v) is 6.77. The van der Waals surface area contributed by atoms with Crippen LogP contribution >= 0.6 is 0 Å². The number of rotatable bonds is 5. The number of hydrogen-bond acceptors (Lipinski definition) is 2. The molecule has 2 fully saturated rings. The molecule has 0 aromatic heterocycles. The number of nitrogens with zero attached hydrogens (tertiary/aromatic N) is 1. The molecule has 1 atom stereocenters. The van der Waals surface area contributed by atoms with E-state index in [1.54, 1.807) is 0 Å². The highest BCUT2D eigenvalue weighted by Gasteiger charge is 2.30. The van der Waals surface area contributed by atoms with E-state index >= 15 is 0 Å². The Hall–Kier alpha value is -1.35. The fraction of sp³-hybridized carbons (Fsp3) is 0.611. The Labute approximate surface area is 127 Å². The van der Waals surface area contributed by atoms with Crippen molar-refractivity contribution in [3.63, 3.8) is 0 Å². The molecule has 1 aliphatic carbocycles. The molecule has 1 amide bonds.